The summed E-state index contributed by atoms with van der Waals surface area (Å²) in [6.07, 6.45) is 2.19. The lowest BCUT2D eigenvalue weighted by Crippen LogP contribution is -2.33. The van der Waals surface area contributed by atoms with E-state index in [-0.39, 0.29) is 17.7 Å². The fourth-order valence-corrected chi connectivity index (χ4v) is 1.65. The van der Waals surface area contributed by atoms with Crippen LogP contribution in [-0.2, 0) is 4.79 Å². The minimum Gasteiger partial charge on any atom is -0.508 e. The van der Waals surface area contributed by atoms with E-state index in [4.69, 9.17) is 10.8 Å². The summed E-state index contributed by atoms with van der Waals surface area (Å²) in [5.74, 6) is 0.189. The highest BCUT2D eigenvalue weighted by molar-refractivity contribution is 5.93. The minimum atomic E-state index is -0.0768. The summed E-state index contributed by atoms with van der Waals surface area (Å²) >= 11 is 0. The van der Waals surface area contributed by atoms with Gasteiger partial charge in [0.1, 0.15) is 5.75 Å². The van der Waals surface area contributed by atoms with Crippen LogP contribution in [0.2, 0.25) is 0 Å². The highest BCUT2D eigenvalue weighted by Crippen LogP contribution is 2.18. The SMILES string of the molecule is CCCC(N)CC(=O)N(C)c1ccc(O)cc1. The molecule has 0 bridgehead atoms. The molecule has 3 N–H and O–H groups in total. The summed E-state index contributed by atoms with van der Waals surface area (Å²) in [5, 5.41) is 9.17. The number of nitrogens with zero attached hydrogens (tertiary/aromatic N) is 1. The highest BCUT2D eigenvalue weighted by Gasteiger charge is 2.14. The van der Waals surface area contributed by atoms with Crippen LogP contribution in [0.25, 0.3) is 0 Å². The van der Waals surface area contributed by atoms with Crippen molar-refractivity contribution in [2.75, 3.05) is 11.9 Å². The number of aromatic hydroxyl groups is 1. The highest BCUT2D eigenvalue weighted by atomic mass is 16.3. The number of benzene rings is 1. The van der Waals surface area contributed by atoms with Crippen molar-refractivity contribution in [3.8, 4) is 5.75 Å². The van der Waals surface area contributed by atoms with Gasteiger partial charge in [0.2, 0.25) is 5.91 Å². The number of hydrogen-bond donors (Lipinski definition) is 2. The van der Waals surface area contributed by atoms with Gasteiger partial charge in [0.25, 0.3) is 0 Å². The predicted molar refractivity (Wildman–Crippen MR) is 69.0 cm³/mol. The average Bonchev–Trinajstić information content (AvgIpc) is 2.29. The molecular weight excluding hydrogens is 216 g/mol. The second-order valence-corrected chi connectivity index (χ2v) is 4.22. The molecule has 0 radical (unpaired) electrons. The van der Waals surface area contributed by atoms with Crippen LogP contribution in [-0.4, -0.2) is 24.1 Å². The summed E-state index contributed by atoms with van der Waals surface area (Å²) in [7, 11) is 1.72. The Labute approximate surface area is 102 Å². The van der Waals surface area contributed by atoms with Crippen LogP contribution in [0.15, 0.2) is 24.3 Å². The Morgan fingerprint density at radius 3 is 2.53 bits per heavy atom. The van der Waals surface area contributed by atoms with Crippen molar-refractivity contribution < 1.29 is 9.90 Å². The number of hydrogen-bond acceptors (Lipinski definition) is 3. The zero-order valence-electron chi connectivity index (χ0n) is 10.4. The summed E-state index contributed by atoms with van der Waals surface area (Å²) in [5.41, 5.74) is 6.60. The van der Waals surface area contributed by atoms with E-state index >= 15 is 0 Å². The van der Waals surface area contributed by atoms with Crippen LogP contribution in [0.1, 0.15) is 26.2 Å². The van der Waals surface area contributed by atoms with Crippen molar-refractivity contribution in [2.45, 2.75) is 32.2 Å². The number of phenolic OH excluding ortho intramolecular Hbond substituents is 1. The molecule has 94 valence electrons. The molecule has 17 heavy (non-hydrogen) atoms. The van der Waals surface area contributed by atoms with Crippen LogP contribution in [0.4, 0.5) is 5.69 Å². The molecule has 0 saturated heterocycles. The smallest absolute Gasteiger partial charge is 0.228 e. The van der Waals surface area contributed by atoms with E-state index in [1.54, 1.807) is 36.2 Å². The first-order valence-corrected chi connectivity index (χ1v) is 5.85. The van der Waals surface area contributed by atoms with E-state index in [9.17, 15) is 4.79 Å². The van der Waals surface area contributed by atoms with E-state index in [0.717, 1.165) is 18.5 Å². The number of carbonyl (C=O) groups excluding carboxylic acids is 1. The number of carbonyl (C=O) groups is 1. The standard InChI is InChI=1S/C13H20N2O2/c1-3-4-10(14)9-13(17)15(2)11-5-7-12(16)8-6-11/h5-8,10,16H,3-4,9,14H2,1-2H3. The third-order valence-electron chi connectivity index (χ3n) is 2.71. The lowest BCUT2D eigenvalue weighted by atomic mass is 10.1. The molecule has 4 heteroatoms. The first-order chi connectivity index (χ1) is 8.04. The van der Waals surface area contributed by atoms with Crippen LogP contribution < -0.4 is 10.6 Å². The molecule has 0 spiro atoms. The third-order valence-corrected chi connectivity index (χ3v) is 2.71. The molecular formula is C13H20N2O2. The van der Waals surface area contributed by atoms with Crippen molar-refractivity contribution in [2.24, 2.45) is 5.73 Å². The second-order valence-electron chi connectivity index (χ2n) is 4.22. The molecule has 0 fully saturated rings. The number of nitrogens with two attached hydrogens (primary N) is 1. The molecule has 0 aliphatic heterocycles. The summed E-state index contributed by atoms with van der Waals surface area (Å²) < 4.78 is 0. The predicted octanol–water partition coefficient (Wildman–Crippen LogP) is 1.87. The normalized spacial score (nSPS) is 12.2. The number of phenols is 1. The Balaban J connectivity index is 2.60. The third kappa shape index (κ3) is 4.07. The van der Waals surface area contributed by atoms with Gasteiger partial charge in [0, 0.05) is 25.2 Å². The molecule has 1 aromatic carbocycles. The summed E-state index contributed by atoms with van der Waals surface area (Å²) in [4.78, 5) is 13.5. The van der Waals surface area contributed by atoms with E-state index in [1.165, 1.54) is 0 Å². The van der Waals surface area contributed by atoms with Gasteiger partial charge in [0.15, 0.2) is 0 Å². The Morgan fingerprint density at radius 2 is 2.00 bits per heavy atom. The molecule has 0 aliphatic rings. The van der Waals surface area contributed by atoms with Crippen LogP contribution in [0, 0.1) is 0 Å². The molecule has 0 heterocycles. The number of rotatable bonds is 5. The molecule has 0 saturated carbocycles. The Kier molecular flexibility index (Phi) is 4.97. The minimum absolute atomic E-state index is 0.00311. The van der Waals surface area contributed by atoms with E-state index in [0.29, 0.717) is 6.42 Å². The maximum atomic E-state index is 11.9. The van der Waals surface area contributed by atoms with Gasteiger partial charge in [-0.25, -0.2) is 0 Å². The Bertz CT molecular complexity index is 362. The Hall–Kier alpha value is -1.55. The van der Waals surface area contributed by atoms with Crippen molar-refractivity contribution >= 4 is 11.6 Å². The number of anilines is 1. The number of amides is 1. The van der Waals surface area contributed by atoms with E-state index in [2.05, 4.69) is 0 Å². The van der Waals surface area contributed by atoms with Crippen LogP contribution in [0.5, 0.6) is 5.75 Å². The average molecular weight is 236 g/mol. The zero-order chi connectivity index (χ0) is 12.8. The lowest BCUT2D eigenvalue weighted by Gasteiger charge is -2.19. The maximum Gasteiger partial charge on any atom is 0.228 e. The zero-order valence-corrected chi connectivity index (χ0v) is 10.4. The molecule has 1 rings (SSSR count). The van der Waals surface area contributed by atoms with Gasteiger partial charge in [0.05, 0.1) is 0 Å². The van der Waals surface area contributed by atoms with Gasteiger partial charge in [-0.15, -0.1) is 0 Å². The van der Waals surface area contributed by atoms with Gasteiger partial charge in [-0.3, -0.25) is 4.79 Å². The van der Waals surface area contributed by atoms with E-state index < -0.39 is 0 Å². The fraction of sp³-hybridized carbons (Fsp3) is 0.462. The van der Waals surface area contributed by atoms with Gasteiger partial charge in [-0.05, 0) is 30.7 Å². The van der Waals surface area contributed by atoms with Crippen molar-refractivity contribution in [1.29, 1.82) is 0 Å². The molecule has 1 atom stereocenters. The topological polar surface area (TPSA) is 66.6 Å². The second kappa shape index (κ2) is 6.25. The molecule has 0 aromatic heterocycles. The monoisotopic (exact) mass is 236 g/mol. The van der Waals surface area contributed by atoms with E-state index in [1.807, 2.05) is 6.92 Å². The molecule has 1 aromatic rings. The van der Waals surface area contributed by atoms with Crippen molar-refractivity contribution in [3.05, 3.63) is 24.3 Å². The van der Waals surface area contributed by atoms with Gasteiger partial charge in [-0.1, -0.05) is 13.3 Å². The van der Waals surface area contributed by atoms with Crippen molar-refractivity contribution in [1.82, 2.24) is 0 Å². The lowest BCUT2D eigenvalue weighted by molar-refractivity contribution is -0.118. The largest absolute Gasteiger partial charge is 0.508 e. The fourth-order valence-electron chi connectivity index (χ4n) is 1.65. The molecule has 4 nitrogen and oxygen atoms in total. The van der Waals surface area contributed by atoms with Crippen molar-refractivity contribution in [3.63, 3.8) is 0 Å². The van der Waals surface area contributed by atoms with Gasteiger partial charge in [-0.2, -0.15) is 0 Å². The van der Waals surface area contributed by atoms with Crippen LogP contribution in [0.3, 0.4) is 0 Å². The first-order valence-electron chi connectivity index (χ1n) is 5.85. The molecule has 1 unspecified atom stereocenters. The van der Waals surface area contributed by atoms with Crippen LogP contribution >= 0.6 is 0 Å². The molecule has 1 amide bonds. The summed E-state index contributed by atoms with van der Waals surface area (Å²) in [6, 6.07) is 6.46. The molecule has 0 aliphatic carbocycles. The van der Waals surface area contributed by atoms with Gasteiger partial charge < -0.3 is 15.7 Å². The van der Waals surface area contributed by atoms with Gasteiger partial charge >= 0.3 is 0 Å². The Morgan fingerprint density at radius 1 is 1.41 bits per heavy atom. The first kappa shape index (κ1) is 13.5. The summed E-state index contributed by atoms with van der Waals surface area (Å²) in [6.45, 7) is 2.05. The maximum absolute atomic E-state index is 11.9. The quantitative estimate of drug-likeness (QED) is 0.820.